The standard InChI is InChI=1S/C21H22N2O5.C17H15NO6/c1-15-18(21(24)23(22-15)17-7-5-4-6-8-17)11-16-9-10-19(27-13-25-2)20(12-16)28-14-26-3;1-21-14-6-4-11(7-15(14)22-2)3-5-12-8-16-17(24-10-23-16)9-13(12)18(19)20/h4-12H,13-14H2,1-3H3;3-9H,10H2,1-2H3. The molecule has 0 unspecified atom stereocenters. The van der Waals surface area contributed by atoms with E-state index in [9.17, 15) is 14.9 Å². The van der Waals surface area contributed by atoms with E-state index in [0.29, 0.717) is 51.3 Å². The zero-order valence-electron chi connectivity index (χ0n) is 29.2. The summed E-state index contributed by atoms with van der Waals surface area (Å²) < 4.78 is 41.9. The van der Waals surface area contributed by atoms with Gasteiger partial charge < -0.3 is 37.9 Å². The maximum atomic E-state index is 12.8. The van der Waals surface area contributed by atoms with E-state index < -0.39 is 4.92 Å². The summed E-state index contributed by atoms with van der Waals surface area (Å²) in [5, 5.41) is 17.0. The van der Waals surface area contributed by atoms with Gasteiger partial charge in [0.2, 0.25) is 6.79 Å². The van der Waals surface area contributed by atoms with Crippen LogP contribution in [0, 0.1) is 10.1 Å². The Hall–Kier alpha value is -6.38. The van der Waals surface area contributed by atoms with Crippen molar-refractivity contribution in [3.8, 4) is 34.5 Å². The van der Waals surface area contributed by atoms with Gasteiger partial charge in [0.15, 0.2) is 48.1 Å². The molecule has 14 nitrogen and oxygen atoms in total. The highest BCUT2D eigenvalue weighted by molar-refractivity contribution is 6.32. The summed E-state index contributed by atoms with van der Waals surface area (Å²) in [4.78, 5) is 23.6. The SMILES string of the molecule is COCOc1ccc(C=C2C(=O)N(c3ccccc3)N=C2C)cc1OCOC.COc1ccc(C=Cc2cc3c(cc2[N+](=O)[O-])OCO3)cc1OC. The number of carbonyl (C=O) groups excluding carboxylic acids is 1. The third-order valence-electron chi connectivity index (χ3n) is 7.59. The molecule has 2 heterocycles. The van der Waals surface area contributed by atoms with Gasteiger partial charge in [-0.2, -0.15) is 10.1 Å². The summed E-state index contributed by atoms with van der Waals surface area (Å²) in [6.07, 6.45) is 5.19. The number of amides is 1. The Kier molecular flexibility index (Phi) is 12.4. The summed E-state index contributed by atoms with van der Waals surface area (Å²) in [7, 11) is 6.19. The molecule has 0 aliphatic carbocycles. The normalized spacial score (nSPS) is 13.9. The first-order chi connectivity index (χ1) is 25.3. The van der Waals surface area contributed by atoms with Crippen molar-refractivity contribution in [1.82, 2.24) is 0 Å². The molecule has 0 N–H and O–H groups in total. The van der Waals surface area contributed by atoms with Crippen LogP contribution in [-0.4, -0.2) is 65.4 Å². The number of nitro benzene ring substituents is 1. The molecule has 4 aromatic rings. The minimum Gasteiger partial charge on any atom is -0.493 e. The number of carbonyl (C=O) groups is 1. The fourth-order valence-corrected chi connectivity index (χ4v) is 5.07. The molecule has 52 heavy (non-hydrogen) atoms. The summed E-state index contributed by atoms with van der Waals surface area (Å²) >= 11 is 0. The Morgan fingerprint density at radius 2 is 1.42 bits per heavy atom. The van der Waals surface area contributed by atoms with Crippen molar-refractivity contribution in [2.24, 2.45) is 5.10 Å². The fourth-order valence-electron chi connectivity index (χ4n) is 5.07. The molecule has 0 fully saturated rings. The number of rotatable bonds is 13. The van der Waals surface area contributed by atoms with E-state index in [1.807, 2.05) is 49.4 Å². The second-order valence-corrected chi connectivity index (χ2v) is 11.0. The number of nitro groups is 1. The van der Waals surface area contributed by atoms with E-state index in [1.54, 1.807) is 69.9 Å². The predicted octanol–water partition coefficient (Wildman–Crippen LogP) is 6.97. The largest absolute Gasteiger partial charge is 0.493 e. The number of ether oxygens (including phenoxy) is 8. The second kappa shape index (κ2) is 17.5. The van der Waals surface area contributed by atoms with Crippen LogP contribution < -0.4 is 33.4 Å². The number of hydrogen-bond donors (Lipinski definition) is 0. The minimum atomic E-state index is -0.448. The van der Waals surface area contributed by atoms with Gasteiger partial charge in [-0.3, -0.25) is 14.9 Å². The van der Waals surface area contributed by atoms with Crippen LogP contribution in [-0.2, 0) is 14.3 Å². The van der Waals surface area contributed by atoms with Crippen molar-refractivity contribution in [3.63, 3.8) is 0 Å². The maximum Gasteiger partial charge on any atom is 0.280 e. The van der Waals surface area contributed by atoms with Crippen molar-refractivity contribution >= 4 is 41.2 Å². The summed E-state index contributed by atoms with van der Waals surface area (Å²) in [5.74, 6) is 2.91. The van der Waals surface area contributed by atoms with Crippen LogP contribution in [0.1, 0.15) is 23.6 Å². The monoisotopic (exact) mass is 711 g/mol. The Morgan fingerprint density at radius 1 is 0.788 bits per heavy atom. The molecule has 0 spiro atoms. The first-order valence-electron chi connectivity index (χ1n) is 15.8. The van der Waals surface area contributed by atoms with Crippen molar-refractivity contribution < 1.29 is 47.6 Å². The van der Waals surface area contributed by atoms with Crippen LogP contribution in [0.5, 0.6) is 34.5 Å². The van der Waals surface area contributed by atoms with Gasteiger partial charge in [0.05, 0.1) is 47.7 Å². The number of benzene rings is 4. The molecule has 2 aliphatic heterocycles. The number of hydrazone groups is 1. The molecule has 0 aromatic heterocycles. The molecular formula is C38H37N3O11. The number of anilines is 1. The zero-order chi connectivity index (χ0) is 37.0. The molecule has 4 aromatic carbocycles. The molecule has 6 rings (SSSR count). The van der Waals surface area contributed by atoms with Crippen LogP contribution in [0.3, 0.4) is 0 Å². The number of hydrogen-bond acceptors (Lipinski definition) is 12. The predicted molar refractivity (Wildman–Crippen MR) is 194 cm³/mol. The van der Waals surface area contributed by atoms with E-state index in [0.717, 1.165) is 16.8 Å². The minimum absolute atomic E-state index is 0.0454. The van der Waals surface area contributed by atoms with E-state index in [-0.39, 0.29) is 32.0 Å². The van der Waals surface area contributed by atoms with Crippen molar-refractivity contribution in [3.05, 3.63) is 111 Å². The Labute approximate surface area is 300 Å². The fraction of sp³-hybridized carbons (Fsp3) is 0.211. The average molecular weight is 712 g/mol. The highest BCUT2D eigenvalue weighted by Gasteiger charge is 2.28. The molecule has 1 amide bonds. The molecule has 0 saturated carbocycles. The highest BCUT2D eigenvalue weighted by Crippen LogP contribution is 2.39. The van der Waals surface area contributed by atoms with Crippen molar-refractivity contribution in [1.29, 1.82) is 0 Å². The summed E-state index contributed by atoms with van der Waals surface area (Å²) in [6.45, 7) is 2.05. The molecule has 14 heteroatoms. The second-order valence-electron chi connectivity index (χ2n) is 11.0. The zero-order valence-corrected chi connectivity index (χ0v) is 29.2. The smallest absolute Gasteiger partial charge is 0.280 e. The number of methoxy groups -OCH3 is 4. The molecule has 2 aliphatic rings. The molecule has 0 atom stereocenters. The lowest BCUT2D eigenvalue weighted by Crippen LogP contribution is -2.21. The molecule has 0 radical (unpaired) electrons. The van der Waals surface area contributed by atoms with E-state index in [1.165, 1.54) is 18.2 Å². The lowest BCUT2D eigenvalue weighted by atomic mass is 10.1. The Balaban J connectivity index is 0.000000203. The number of nitrogens with zero attached hydrogens (tertiary/aromatic N) is 3. The average Bonchev–Trinajstić information content (AvgIpc) is 3.75. The molecular weight excluding hydrogens is 674 g/mol. The maximum absolute atomic E-state index is 12.8. The van der Waals surface area contributed by atoms with Crippen molar-refractivity contribution in [2.75, 3.05) is 53.8 Å². The number of fused-ring (bicyclic) bond motifs is 1. The summed E-state index contributed by atoms with van der Waals surface area (Å²) in [6, 6.07) is 23.1. The van der Waals surface area contributed by atoms with Gasteiger partial charge in [-0.15, -0.1) is 0 Å². The first kappa shape index (κ1) is 36.9. The number of para-hydroxylation sites is 1. The van der Waals surface area contributed by atoms with Crippen LogP contribution >= 0.6 is 0 Å². The van der Waals surface area contributed by atoms with Gasteiger partial charge in [0, 0.05) is 14.2 Å². The van der Waals surface area contributed by atoms with Gasteiger partial charge in [-0.05, 0) is 72.7 Å². The van der Waals surface area contributed by atoms with Gasteiger partial charge >= 0.3 is 0 Å². The molecule has 0 bridgehead atoms. The van der Waals surface area contributed by atoms with Gasteiger partial charge in [-0.1, -0.05) is 36.4 Å². The lowest BCUT2D eigenvalue weighted by Gasteiger charge is -2.13. The highest BCUT2D eigenvalue weighted by atomic mass is 16.7. The third-order valence-corrected chi connectivity index (χ3v) is 7.59. The van der Waals surface area contributed by atoms with Crippen LogP contribution in [0.25, 0.3) is 18.2 Å². The third kappa shape index (κ3) is 8.85. The lowest BCUT2D eigenvalue weighted by molar-refractivity contribution is -0.385. The van der Waals surface area contributed by atoms with E-state index in [2.05, 4.69) is 5.10 Å². The van der Waals surface area contributed by atoms with Gasteiger partial charge in [-0.25, -0.2) is 0 Å². The Morgan fingerprint density at radius 3 is 2.10 bits per heavy atom. The molecule has 270 valence electrons. The van der Waals surface area contributed by atoms with Crippen LogP contribution in [0.15, 0.2) is 89.5 Å². The topological polar surface area (TPSA) is 150 Å². The van der Waals surface area contributed by atoms with Crippen LogP contribution in [0.2, 0.25) is 0 Å². The first-order valence-corrected chi connectivity index (χ1v) is 15.8. The quantitative estimate of drug-likeness (QED) is 0.0465. The van der Waals surface area contributed by atoms with E-state index in [4.69, 9.17) is 37.9 Å². The van der Waals surface area contributed by atoms with Gasteiger partial charge in [0.25, 0.3) is 11.6 Å². The van der Waals surface area contributed by atoms with Crippen molar-refractivity contribution in [2.45, 2.75) is 6.92 Å². The van der Waals surface area contributed by atoms with Gasteiger partial charge in [0.1, 0.15) is 0 Å². The van der Waals surface area contributed by atoms with Crippen LogP contribution in [0.4, 0.5) is 11.4 Å². The molecule has 0 saturated heterocycles. The van der Waals surface area contributed by atoms with E-state index >= 15 is 0 Å². The Bertz CT molecular complexity index is 1990. The summed E-state index contributed by atoms with van der Waals surface area (Å²) in [5.41, 5.74) is 3.88.